The Bertz CT molecular complexity index is 972. The summed E-state index contributed by atoms with van der Waals surface area (Å²) in [6.45, 7) is 10.2. The number of likely N-dealkylation sites (N-methyl/N-ethyl adjacent to an activating group) is 1. The smallest absolute Gasteiger partial charge is 0.409 e. The van der Waals surface area contributed by atoms with E-state index < -0.39 is 13.7 Å². The quantitative estimate of drug-likeness (QED) is 0.122. The number of methoxy groups -OCH3 is 1. The molecule has 1 unspecified atom stereocenters. The van der Waals surface area contributed by atoms with E-state index in [0.717, 1.165) is 55.4 Å². The molecule has 0 spiro atoms. The summed E-state index contributed by atoms with van der Waals surface area (Å²) < 4.78 is 10.9. The Morgan fingerprint density at radius 1 is 1.12 bits per heavy atom. The van der Waals surface area contributed by atoms with E-state index in [4.69, 9.17) is 21.7 Å². The van der Waals surface area contributed by atoms with E-state index in [2.05, 4.69) is 42.0 Å². The van der Waals surface area contributed by atoms with Crippen LogP contribution in [0, 0.1) is 11.8 Å². The molecule has 2 N–H and O–H groups in total. The van der Waals surface area contributed by atoms with E-state index in [9.17, 15) is 9.90 Å². The minimum Gasteiger partial charge on any atom is -0.450 e. The van der Waals surface area contributed by atoms with Crippen LogP contribution in [0.25, 0.3) is 0 Å². The van der Waals surface area contributed by atoms with Gasteiger partial charge in [-0.3, -0.25) is 0 Å². The van der Waals surface area contributed by atoms with Gasteiger partial charge in [0.15, 0.2) is 5.11 Å². The maximum Gasteiger partial charge on any atom is 0.409 e. The first-order valence-electron chi connectivity index (χ1n) is 16.7. The Labute approximate surface area is 268 Å². The highest BCUT2D eigenvalue weighted by Gasteiger charge is 2.41. The normalized spacial score (nSPS) is 20.2. The highest BCUT2D eigenvalue weighted by molar-refractivity contribution is 7.80. The Morgan fingerprint density at radius 3 is 2.51 bits per heavy atom. The Hall–Kier alpha value is -1.68. The molecule has 1 amide bonds. The van der Waals surface area contributed by atoms with Crippen molar-refractivity contribution in [1.82, 2.24) is 15.1 Å². The van der Waals surface area contributed by atoms with E-state index in [1.54, 1.807) is 12.0 Å². The topological polar surface area (TPSA) is 74.3 Å². The Kier molecular flexibility index (Phi) is 14.7. The lowest BCUT2D eigenvalue weighted by atomic mass is 9.74. The number of rotatable bonds is 15. The van der Waals surface area contributed by atoms with Gasteiger partial charge in [-0.1, -0.05) is 82.1 Å². The van der Waals surface area contributed by atoms with Crippen LogP contribution in [0.4, 0.5) is 4.79 Å². The molecule has 7 nitrogen and oxygen atoms in total. The van der Waals surface area contributed by atoms with Crippen LogP contribution in [0.3, 0.4) is 0 Å². The zero-order valence-electron chi connectivity index (χ0n) is 27.6. The molecule has 1 aromatic rings. The highest BCUT2D eigenvalue weighted by Crippen LogP contribution is 2.39. The van der Waals surface area contributed by atoms with E-state index in [1.165, 1.54) is 32.1 Å². The Morgan fingerprint density at radius 2 is 1.84 bits per heavy atom. The van der Waals surface area contributed by atoms with Gasteiger partial charge in [-0.05, 0) is 68.3 Å². The molecule has 0 radical (unpaired) electrons. The molecular formula is C34H59N3O4SSi. The predicted octanol–water partition coefficient (Wildman–Crippen LogP) is 7.02. The number of nitrogens with one attached hydrogen (secondary N) is 1. The maximum atomic E-state index is 12.9. The molecule has 3 atom stereocenters. The van der Waals surface area contributed by atoms with E-state index in [-0.39, 0.29) is 18.1 Å². The number of benzene rings is 1. The first kappa shape index (κ1) is 35.8. The second kappa shape index (κ2) is 17.7. The molecule has 3 rings (SSSR count). The van der Waals surface area contributed by atoms with Gasteiger partial charge in [0.05, 0.1) is 12.2 Å². The van der Waals surface area contributed by atoms with Gasteiger partial charge < -0.3 is 29.7 Å². The molecule has 1 saturated heterocycles. The van der Waals surface area contributed by atoms with Gasteiger partial charge >= 0.3 is 6.09 Å². The van der Waals surface area contributed by atoms with Crippen molar-refractivity contribution in [1.29, 1.82) is 0 Å². The fourth-order valence-corrected chi connectivity index (χ4v) is 7.78. The van der Waals surface area contributed by atoms with Gasteiger partial charge in [-0.2, -0.15) is 0 Å². The molecule has 0 bridgehead atoms. The number of likely N-dealkylation sites (tertiary alicyclic amines) is 1. The third-order valence-electron chi connectivity index (χ3n) is 9.37. The number of hydrogen-bond acceptors (Lipinski definition) is 5. The van der Waals surface area contributed by atoms with Crippen LogP contribution in [0.15, 0.2) is 30.3 Å². The van der Waals surface area contributed by atoms with Gasteiger partial charge in [0.2, 0.25) is 0 Å². The molecule has 0 aromatic heterocycles. The molecule has 1 aliphatic heterocycles. The summed E-state index contributed by atoms with van der Waals surface area (Å²) >= 11 is 6.05. The number of unbranched alkanes of at least 4 members (excludes halogenated alkanes) is 1. The third kappa shape index (κ3) is 12.0. The zero-order chi connectivity index (χ0) is 31.3. The molecule has 43 heavy (non-hydrogen) atoms. The van der Waals surface area contributed by atoms with Crippen molar-refractivity contribution in [2.45, 2.75) is 108 Å². The summed E-state index contributed by atoms with van der Waals surface area (Å²) in [6, 6.07) is 11.2. The predicted molar refractivity (Wildman–Crippen MR) is 183 cm³/mol. The lowest BCUT2D eigenvalue weighted by Crippen LogP contribution is -2.54. The molecule has 1 aromatic carbocycles. The summed E-state index contributed by atoms with van der Waals surface area (Å²) in [4.78, 5) is 16.9. The van der Waals surface area contributed by atoms with Crippen molar-refractivity contribution in [3.8, 4) is 0 Å². The van der Waals surface area contributed by atoms with Gasteiger partial charge in [0.25, 0.3) is 0 Å². The van der Waals surface area contributed by atoms with Crippen LogP contribution < -0.4 is 5.32 Å². The van der Waals surface area contributed by atoms with Crippen molar-refractivity contribution < 1.29 is 19.4 Å². The first-order chi connectivity index (χ1) is 20.5. The minimum atomic E-state index is -1.27. The van der Waals surface area contributed by atoms with Crippen molar-refractivity contribution in [3.05, 3.63) is 35.9 Å². The fraction of sp³-hybridized carbons (Fsp3) is 0.765. The number of thiocarbonyl (C=S) groups is 1. The number of ether oxygens (including phenoxy) is 2. The number of nitrogens with zero attached hydrogens (tertiary/aromatic N) is 2. The van der Waals surface area contributed by atoms with Gasteiger partial charge in [0.1, 0.15) is 0 Å². The summed E-state index contributed by atoms with van der Waals surface area (Å²) in [5.74, 6) is 0.724. The first-order valence-corrected chi connectivity index (χ1v) is 20.8. The fourth-order valence-electron chi connectivity index (χ4n) is 6.73. The van der Waals surface area contributed by atoms with Crippen LogP contribution in [0.1, 0.15) is 76.2 Å². The molecule has 1 saturated carbocycles. The Balaban J connectivity index is 1.67. The molecule has 2 fully saturated rings. The second-order valence-corrected chi connectivity index (χ2v) is 20.2. The molecule has 2 aliphatic rings. The average Bonchev–Trinajstić information content (AvgIpc) is 2.99. The van der Waals surface area contributed by atoms with Gasteiger partial charge in [-0.25, -0.2) is 4.79 Å². The maximum absolute atomic E-state index is 12.9. The summed E-state index contributed by atoms with van der Waals surface area (Å²) in [7, 11) is 2.30. The minimum absolute atomic E-state index is 0.0626. The van der Waals surface area contributed by atoms with Crippen LogP contribution in [-0.2, 0) is 15.1 Å². The van der Waals surface area contributed by atoms with E-state index >= 15 is 0 Å². The van der Waals surface area contributed by atoms with E-state index in [1.807, 2.05) is 25.2 Å². The van der Waals surface area contributed by atoms with Crippen LogP contribution in [0.2, 0.25) is 25.7 Å². The molecular weight excluding hydrogens is 575 g/mol. The lowest BCUT2D eigenvalue weighted by molar-refractivity contribution is -0.0541. The highest BCUT2D eigenvalue weighted by atomic mass is 32.1. The number of amides is 1. The van der Waals surface area contributed by atoms with Gasteiger partial charge in [0, 0.05) is 60.4 Å². The van der Waals surface area contributed by atoms with Crippen molar-refractivity contribution >= 4 is 31.5 Å². The molecule has 9 heteroatoms. The van der Waals surface area contributed by atoms with Crippen LogP contribution in [-0.4, -0.2) is 87.2 Å². The molecule has 244 valence electrons. The molecule has 1 aliphatic carbocycles. The average molecular weight is 634 g/mol. The SMILES string of the molecule is COCCCC[C@@](O)(c1ccccc1)[C@@H]1CCCN(C(=S)NC(CC2CCCCC2)CN(C)C(=O)OCC[Si](C)(C)C)C1. The van der Waals surface area contributed by atoms with Crippen LogP contribution >= 0.6 is 12.2 Å². The molecule has 1 heterocycles. The van der Waals surface area contributed by atoms with Crippen LogP contribution in [0.5, 0.6) is 0 Å². The summed E-state index contributed by atoms with van der Waals surface area (Å²) in [5.41, 5.74) is 0.0765. The van der Waals surface area contributed by atoms with E-state index in [0.29, 0.717) is 38.6 Å². The lowest BCUT2D eigenvalue weighted by Gasteiger charge is -2.44. The second-order valence-electron chi connectivity index (χ2n) is 14.2. The number of carbonyl (C=O) groups is 1. The summed E-state index contributed by atoms with van der Waals surface area (Å²) in [5, 5.41) is 16.6. The number of hydrogen-bond donors (Lipinski definition) is 2. The van der Waals surface area contributed by atoms with Gasteiger partial charge in [-0.15, -0.1) is 0 Å². The van der Waals surface area contributed by atoms with Crippen molar-refractivity contribution in [3.63, 3.8) is 0 Å². The number of aliphatic hydroxyl groups is 1. The number of piperidine rings is 1. The standard InChI is InChI=1S/C34H59N3O4SSi/c1-36(33(38)41-23-24-43(3,4)5)27-31(25-28-15-8-6-9-16-28)35-32(42)37-21-14-19-30(26-37)34(39,20-12-13-22-40-2)29-17-10-7-11-18-29/h7,10-11,17-18,28,30-31,39H,6,8-9,12-16,19-27H2,1-5H3,(H,35,42)/t30-,31?,34-/m1/s1. The number of carbonyl (C=O) groups excluding carboxylic acids is 1. The van der Waals surface area contributed by atoms with Crippen molar-refractivity contribution in [2.24, 2.45) is 11.8 Å². The van der Waals surface area contributed by atoms with Crippen molar-refractivity contribution in [2.75, 3.05) is 47.0 Å². The zero-order valence-corrected chi connectivity index (χ0v) is 29.4. The monoisotopic (exact) mass is 633 g/mol. The largest absolute Gasteiger partial charge is 0.450 e. The third-order valence-corrected chi connectivity index (χ3v) is 11.4. The summed E-state index contributed by atoms with van der Waals surface area (Å²) in [6.07, 6.45) is 11.6.